The number of amides is 4. The first-order valence-electron chi connectivity index (χ1n) is 14.5. The minimum absolute atomic E-state index is 0.0456. The van der Waals surface area contributed by atoms with Crippen LogP contribution in [0.15, 0.2) is 59.4 Å². The van der Waals surface area contributed by atoms with Gasteiger partial charge < -0.3 is 19.9 Å². The molecule has 1 aliphatic heterocycles. The molecule has 3 N–H and O–H groups in total. The maximum absolute atomic E-state index is 13.7. The van der Waals surface area contributed by atoms with E-state index in [2.05, 4.69) is 15.7 Å². The van der Waals surface area contributed by atoms with E-state index in [-0.39, 0.29) is 24.3 Å². The van der Waals surface area contributed by atoms with Crippen LogP contribution in [-0.2, 0) is 16.0 Å². The Hall–Kier alpha value is -4.28. The Morgan fingerprint density at radius 3 is 2.29 bits per heavy atom. The van der Waals surface area contributed by atoms with E-state index in [1.54, 1.807) is 44.1 Å². The number of carbonyl (C=O) groups excluding carboxylic acids is 3. The Balaban J connectivity index is 1.43. The van der Waals surface area contributed by atoms with Crippen LogP contribution in [0.4, 0.5) is 9.59 Å². The van der Waals surface area contributed by atoms with Gasteiger partial charge in [0.25, 0.3) is 5.91 Å². The van der Waals surface area contributed by atoms with Crippen LogP contribution in [-0.4, -0.2) is 68.3 Å². The zero-order valence-corrected chi connectivity index (χ0v) is 25.1. The molecule has 0 atom stereocenters. The van der Waals surface area contributed by atoms with Crippen molar-refractivity contribution >= 4 is 29.1 Å². The molecule has 4 rings (SSSR count). The monoisotopic (exact) mass is 578 g/mol. The van der Waals surface area contributed by atoms with E-state index in [4.69, 9.17) is 4.74 Å². The number of hydrogen-bond donors (Lipinski definition) is 3. The number of nitrogens with one attached hydrogen (secondary N) is 3. The molecule has 0 spiro atoms. The number of benzene rings is 2. The molecule has 1 saturated heterocycles. The molecule has 2 heterocycles. The van der Waals surface area contributed by atoms with Crippen LogP contribution in [0, 0.1) is 0 Å². The van der Waals surface area contributed by atoms with Crippen molar-refractivity contribution in [2.45, 2.75) is 77.5 Å². The molecular weight excluding hydrogens is 536 g/mol. The summed E-state index contributed by atoms with van der Waals surface area (Å²) in [5.74, 6) is -0.540. The van der Waals surface area contributed by atoms with Gasteiger partial charge in [0, 0.05) is 25.7 Å². The fraction of sp³-hybridized carbons (Fsp3) is 0.484. The summed E-state index contributed by atoms with van der Waals surface area (Å²) in [4.78, 5) is 56.8. The molecule has 0 aliphatic carbocycles. The van der Waals surface area contributed by atoms with E-state index in [1.807, 2.05) is 54.6 Å². The predicted molar refractivity (Wildman–Crippen MR) is 161 cm³/mol. The van der Waals surface area contributed by atoms with E-state index < -0.39 is 23.1 Å². The first kappa shape index (κ1) is 30.7. The van der Waals surface area contributed by atoms with Crippen LogP contribution in [0.3, 0.4) is 0 Å². The van der Waals surface area contributed by atoms with E-state index >= 15 is 0 Å². The number of likely N-dealkylation sites (tertiary alicyclic amines) is 1. The highest BCUT2D eigenvalue weighted by Crippen LogP contribution is 2.25. The van der Waals surface area contributed by atoms with Crippen molar-refractivity contribution in [2.24, 2.45) is 0 Å². The third-order valence-corrected chi connectivity index (χ3v) is 7.26. The number of imidazole rings is 1. The van der Waals surface area contributed by atoms with Crippen LogP contribution in [0.25, 0.3) is 11.0 Å². The topological polar surface area (TPSA) is 129 Å². The van der Waals surface area contributed by atoms with Crippen LogP contribution in [0.5, 0.6) is 0 Å². The molecule has 11 heteroatoms. The lowest BCUT2D eigenvalue weighted by Gasteiger charge is -2.37. The van der Waals surface area contributed by atoms with E-state index in [0.29, 0.717) is 32.4 Å². The molecule has 0 radical (unpaired) electrons. The van der Waals surface area contributed by atoms with Gasteiger partial charge in [-0.25, -0.2) is 19.4 Å². The highest BCUT2D eigenvalue weighted by Gasteiger charge is 2.35. The first-order valence-corrected chi connectivity index (χ1v) is 14.5. The number of rotatable bonds is 7. The summed E-state index contributed by atoms with van der Waals surface area (Å²) in [5, 5.41) is 3.93. The summed E-state index contributed by atoms with van der Waals surface area (Å²) >= 11 is 0. The van der Waals surface area contributed by atoms with Gasteiger partial charge in [-0.05, 0) is 78.0 Å². The number of urea groups is 1. The molecule has 0 saturated carbocycles. The standard InChI is InChI=1S/C31H42N6O5/c1-30(2,3)42-28(40)33-31(4,5)26(38)34-36(19-11-14-22-12-7-6-8-13-22)29(41)35-20-17-23(18-21-35)37-25-16-10-9-15-24(25)32-27(37)39/h6-10,12-13,15-16,23H,11,14,17-21H2,1-5H3,(H,32,39)(H,33,40)(H,34,38). The summed E-state index contributed by atoms with van der Waals surface area (Å²) < 4.78 is 7.09. The third kappa shape index (κ3) is 7.71. The molecular formula is C31H42N6O5. The molecule has 1 aliphatic rings. The summed E-state index contributed by atoms with van der Waals surface area (Å²) in [6, 6.07) is 17.1. The zero-order valence-electron chi connectivity index (χ0n) is 25.1. The number of hydrazine groups is 1. The maximum Gasteiger partial charge on any atom is 0.408 e. The first-order chi connectivity index (χ1) is 19.8. The Morgan fingerprint density at radius 1 is 0.976 bits per heavy atom. The minimum Gasteiger partial charge on any atom is -0.444 e. The fourth-order valence-corrected chi connectivity index (χ4v) is 5.09. The Kier molecular flexibility index (Phi) is 9.28. The molecule has 11 nitrogen and oxygen atoms in total. The molecule has 226 valence electrons. The SMILES string of the molecule is CC(C)(C)OC(=O)NC(C)(C)C(=O)NN(CCCc1ccccc1)C(=O)N1CCC(n2c(=O)[nH]c3ccccc32)CC1. The van der Waals surface area contributed by atoms with Gasteiger partial charge in [0.15, 0.2) is 0 Å². The van der Waals surface area contributed by atoms with Crippen molar-refractivity contribution in [3.8, 4) is 0 Å². The van der Waals surface area contributed by atoms with E-state index in [0.717, 1.165) is 23.0 Å². The molecule has 1 fully saturated rings. The second kappa shape index (κ2) is 12.7. The smallest absolute Gasteiger partial charge is 0.408 e. The number of alkyl carbamates (subject to hydrolysis) is 1. The lowest BCUT2D eigenvalue weighted by molar-refractivity contribution is -0.130. The maximum atomic E-state index is 13.7. The number of aromatic nitrogens is 2. The van der Waals surface area contributed by atoms with Crippen molar-refractivity contribution < 1.29 is 19.1 Å². The van der Waals surface area contributed by atoms with Gasteiger partial charge in [-0.15, -0.1) is 0 Å². The number of piperidine rings is 1. The number of hydrogen-bond acceptors (Lipinski definition) is 5. The van der Waals surface area contributed by atoms with Gasteiger partial charge in [-0.1, -0.05) is 42.5 Å². The lowest BCUT2D eigenvalue weighted by atomic mass is 10.0. The summed E-state index contributed by atoms with van der Waals surface area (Å²) in [7, 11) is 0. The highest BCUT2D eigenvalue weighted by molar-refractivity contribution is 5.90. The zero-order chi connectivity index (χ0) is 30.5. The molecule has 1 aromatic heterocycles. The number of para-hydroxylation sites is 2. The average Bonchev–Trinajstić information content (AvgIpc) is 3.27. The number of H-pyrrole nitrogens is 1. The Morgan fingerprint density at radius 2 is 1.62 bits per heavy atom. The van der Waals surface area contributed by atoms with E-state index in [1.165, 1.54) is 5.01 Å². The quantitative estimate of drug-likeness (QED) is 0.359. The summed E-state index contributed by atoms with van der Waals surface area (Å²) in [5.41, 5.74) is 3.30. The summed E-state index contributed by atoms with van der Waals surface area (Å²) in [6.07, 6.45) is 1.83. The Labute approximate surface area is 246 Å². The van der Waals surface area contributed by atoms with Gasteiger partial charge in [-0.2, -0.15) is 0 Å². The molecule has 42 heavy (non-hydrogen) atoms. The number of aryl methyl sites for hydroxylation is 1. The number of ether oxygens (including phenoxy) is 1. The molecule has 0 unspecified atom stereocenters. The van der Waals surface area contributed by atoms with Gasteiger partial charge in [0.1, 0.15) is 11.1 Å². The van der Waals surface area contributed by atoms with Crippen LogP contribution in [0.1, 0.15) is 65.5 Å². The largest absolute Gasteiger partial charge is 0.444 e. The second-order valence-corrected chi connectivity index (χ2v) is 12.3. The van der Waals surface area contributed by atoms with Crippen LogP contribution >= 0.6 is 0 Å². The van der Waals surface area contributed by atoms with Crippen LogP contribution < -0.4 is 16.4 Å². The molecule has 4 amide bonds. The fourth-order valence-electron chi connectivity index (χ4n) is 5.09. The van der Waals surface area contributed by atoms with E-state index in [9.17, 15) is 19.2 Å². The second-order valence-electron chi connectivity index (χ2n) is 12.3. The number of carbonyl (C=O) groups is 3. The van der Waals surface area contributed by atoms with Crippen molar-refractivity contribution in [3.05, 3.63) is 70.6 Å². The van der Waals surface area contributed by atoms with Crippen LogP contribution in [0.2, 0.25) is 0 Å². The van der Waals surface area contributed by atoms with Gasteiger partial charge in [0.2, 0.25) is 0 Å². The molecule has 3 aromatic rings. The van der Waals surface area contributed by atoms with Crippen molar-refractivity contribution in [3.63, 3.8) is 0 Å². The number of fused-ring (bicyclic) bond motifs is 1. The summed E-state index contributed by atoms with van der Waals surface area (Å²) in [6.45, 7) is 9.48. The van der Waals surface area contributed by atoms with Gasteiger partial charge in [0.05, 0.1) is 11.0 Å². The third-order valence-electron chi connectivity index (χ3n) is 7.26. The minimum atomic E-state index is -1.34. The van der Waals surface area contributed by atoms with Gasteiger partial charge in [-0.3, -0.25) is 14.8 Å². The highest BCUT2D eigenvalue weighted by atomic mass is 16.6. The number of nitrogens with zero attached hydrogens (tertiary/aromatic N) is 3. The molecule has 0 bridgehead atoms. The van der Waals surface area contributed by atoms with Crippen molar-refractivity contribution in [1.29, 1.82) is 0 Å². The Bertz CT molecular complexity index is 1450. The predicted octanol–water partition coefficient (Wildman–Crippen LogP) is 4.36. The molecule has 2 aromatic carbocycles. The average molecular weight is 579 g/mol. The number of aromatic amines is 1. The van der Waals surface area contributed by atoms with Crippen molar-refractivity contribution in [2.75, 3.05) is 19.6 Å². The van der Waals surface area contributed by atoms with Gasteiger partial charge >= 0.3 is 17.8 Å². The lowest BCUT2D eigenvalue weighted by Crippen LogP contribution is -2.62. The normalized spacial score (nSPS) is 14.5. The van der Waals surface area contributed by atoms with Crippen molar-refractivity contribution in [1.82, 2.24) is 30.2 Å².